The second-order valence-electron chi connectivity index (χ2n) is 2.00. The van der Waals surface area contributed by atoms with E-state index in [9.17, 15) is 9.32 Å². The van der Waals surface area contributed by atoms with E-state index < -0.39 is 0 Å². The molecule has 0 fully saturated rings. The van der Waals surface area contributed by atoms with Crippen molar-refractivity contribution in [3.05, 3.63) is 0 Å². The molecule has 72 valence electrons. The summed E-state index contributed by atoms with van der Waals surface area (Å²) >= 11 is 0. The molecule has 0 radical (unpaired) electrons. The molecule has 0 bridgehead atoms. The van der Waals surface area contributed by atoms with Crippen LogP contribution in [0.2, 0.25) is 0 Å². The molecule has 12 heavy (non-hydrogen) atoms. The molecule has 4 nitrogen and oxygen atoms in total. The first-order chi connectivity index (χ1) is 5.81. The zero-order chi connectivity index (χ0) is 9.23. The molecule has 0 unspecified atom stereocenters. The molecule has 0 atom stereocenters. The molecule has 0 aromatic heterocycles. The average molecular weight is 180 g/mol. The number of carbonyl (C=O) groups excluding carboxylic acids is 1. The first-order valence-corrected chi connectivity index (χ1v) is 3.78. The average Bonchev–Trinajstić information content (AvgIpc) is 2.10. The van der Waals surface area contributed by atoms with Crippen LogP contribution < -0.4 is 0 Å². The largest absolute Gasteiger partial charge is 0.463 e. The molecule has 0 rings (SSSR count). The predicted octanol–water partition coefficient (Wildman–Crippen LogP) is 0.857. The van der Waals surface area contributed by atoms with Crippen LogP contribution in [0.4, 0.5) is 4.53 Å². The Morgan fingerprint density at radius 2 is 1.92 bits per heavy atom. The van der Waals surface area contributed by atoms with Gasteiger partial charge in [0, 0.05) is 6.42 Å². The summed E-state index contributed by atoms with van der Waals surface area (Å²) in [4.78, 5) is 13.8. The van der Waals surface area contributed by atoms with Crippen LogP contribution in [0.3, 0.4) is 0 Å². The van der Waals surface area contributed by atoms with Crippen molar-refractivity contribution in [2.45, 2.75) is 13.3 Å². The maximum atomic E-state index is 11.0. The highest BCUT2D eigenvalue weighted by atomic mass is 19.3. The molecule has 0 aromatic rings. The zero-order valence-corrected chi connectivity index (χ0v) is 7.05. The Hall–Kier alpha value is -0.680. The van der Waals surface area contributed by atoms with Crippen LogP contribution in [-0.2, 0) is 19.2 Å². The van der Waals surface area contributed by atoms with Crippen molar-refractivity contribution in [1.82, 2.24) is 0 Å². The van der Waals surface area contributed by atoms with Crippen molar-refractivity contribution < 1.29 is 23.7 Å². The maximum Gasteiger partial charge on any atom is 0.305 e. The molecule has 0 aromatic carbocycles. The fourth-order valence-corrected chi connectivity index (χ4v) is 0.509. The first kappa shape index (κ1) is 11.3. The Morgan fingerprint density at radius 3 is 2.50 bits per heavy atom. The van der Waals surface area contributed by atoms with Crippen LogP contribution in [0.1, 0.15) is 13.3 Å². The number of hydrogen-bond donors (Lipinski definition) is 0. The molecule has 5 heteroatoms. The van der Waals surface area contributed by atoms with Crippen molar-refractivity contribution in [1.29, 1.82) is 0 Å². The van der Waals surface area contributed by atoms with Crippen molar-refractivity contribution in [2.75, 3.05) is 26.4 Å². The summed E-state index contributed by atoms with van der Waals surface area (Å²) in [6, 6.07) is 0. The predicted molar refractivity (Wildman–Crippen MR) is 39.1 cm³/mol. The standard InChI is InChI=1S/C7H13FO4/c1-2-7(9)11-5-3-10-4-6-12-8/h2-6H2,1H3. The zero-order valence-electron chi connectivity index (χ0n) is 7.05. The third-order valence-corrected chi connectivity index (χ3v) is 1.08. The van der Waals surface area contributed by atoms with Gasteiger partial charge >= 0.3 is 5.97 Å². The molecular weight excluding hydrogens is 167 g/mol. The van der Waals surface area contributed by atoms with Crippen molar-refractivity contribution in [3.8, 4) is 0 Å². The Balaban J connectivity index is 2.95. The van der Waals surface area contributed by atoms with E-state index in [0.717, 1.165) is 0 Å². The number of hydrogen-bond acceptors (Lipinski definition) is 4. The molecule has 0 heterocycles. The smallest absolute Gasteiger partial charge is 0.305 e. The Kier molecular flexibility index (Phi) is 7.94. The van der Waals surface area contributed by atoms with Crippen LogP contribution in [0.15, 0.2) is 0 Å². The Bertz CT molecular complexity index is 118. The summed E-state index contributed by atoms with van der Waals surface area (Å²) < 4.78 is 20.5. The van der Waals surface area contributed by atoms with E-state index in [1.54, 1.807) is 6.92 Å². The lowest BCUT2D eigenvalue weighted by molar-refractivity contribution is -0.152. The normalized spacial score (nSPS) is 9.83. The topological polar surface area (TPSA) is 44.8 Å². The summed E-state index contributed by atoms with van der Waals surface area (Å²) in [5.74, 6) is -0.264. The SMILES string of the molecule is CCC(=O)OCCOCCOF. The number of halogens is 1. The van der Waals surface area contributed by atoms with E-state index >= 15 is 0 Å². The minimum Gasteiger partial charge on any atom is -0.463 e. The van der Waals surface area contributed by atoms with Gasteiger partial charge in [0.1, 0.15) is 13.2 Å². The van der Waals surface area contributed by atoms with Gasteiger partial charge in [0.25, 0.3) is 0 Å². The lowest BCUT2D eigenvalue weighted by Crippen LogP contribution is -2.11. The number of esters is 1. The van der Waals surface area contributed by atoms with Crippen LogP contribution >= 0.6 is 0 Å². The van der Waals surface area contributed by atoms with E-state index in [2.05, 4.69) is 9.68 Å². The van der Waals surface area contributed by atoms with Crippen LogP contribution in [0.25, 0.3) is 0 Å². The summed E-state index contributed by atoms with van der Waals surface area (Å²) in [7, 11) is 0. The minimum atomic E-state index is -0.264. The maximum absolute atomic E-state index is 11.0. The summed E-state index contributed by atoms with van der Waals surface area (Å²) in [5, 5.41) is 0. The van der Waals surface area contributed by atoms with Gasteiger partial charge in [-0.2, -0.15) is 4.94 Å². The van der Waals surface area contributed by atoms with Crippen LogP contribution in [0, 0.1) is 0 Å². The van der Waals surface area contributed by atoms with Gasteiger partial charge in [-0.15, -0.1) is 0 Å². The van der Waals surface area contributed by atoms with Gasteiger partial charge in [0.05, 0.1) is 13.2 Å². The summed E-state index contributed by atoms with van der Waals surface area (Å²) in [5.41, 5.74) is 0. The van der Waals surface area contributed by atoms with E-state index in [0.29, 0.717) is 6.42 Å². The molecule has 0 saturated carbocycles. The quantitative estimate of drug-likeness (QED) is 0.430. The van der Waals surface area contributed by atoms with Crippen LogP contribution in [-0.4, -0.2) is 32.4 Å². The van der Waals surface area contributed by atoms with Gasteiger partial charge in [-0.3, -0.25) is 4.79 Å². The van der Waals surface area contributed by atoms with Gasteiger partial charge in [-0.25, -0.2) is 0 Å². The first-order valence-electron chi connectivity index (χ1n) is 3.78. The number of rotatable bonds is 7. The van der Waals surface area contributed by atoms with Gasteiger partial charge in [0.15, 0.2) is 0 Å². The molecule has 0 aliphatic carbocycles. The second kappa shape index (κ2) is 8.42. The fourth-order valence-electron chi connectivity index (χ4n) is 0.509. The highest BCUT2D eigenvalue weighted by Gasteiger charge is 1.96. The summed E-state index contributed by atoms with van der Waals surface area (Å²) in [6.07, 6.45) is 0.355. The molecule has 0 saturated heterocycles. The molecule has 0 spiro atoms. The van der Waals surface area contributed by atoms with Crippen molar-refractivity contribution in [3.63, 3.8) is 0 Å². The molecule has 0 N–H and O–H groups in total. The van der Waals surface area contributed by atoms with Gasteiger partial charge in [-0.1, -0.05) is 6.92 Å². The molecule has 0 amide bonds. The summed E-state index contributed by atoms with van der Waals surface area (Å²) in [6.45, 7) is 2.26. The number of ether oxygens (including phenoxy) is 2. The Labute approximate surface area is 70.5 Å². The Morgan fingerprint density at radius 1 is 1.25 bits per heavy atom. The molecule has 0 aliphatic rings. The minimum absolute atomic E-state index is 0.0955. The van der Waals surface area contributed by atoms with E-state index in [1.807, 2.05) is 0 Å². The van der Waals surface area contributed by atoms with Gasteiger partial charge < -0.3 is 9.47 Å². The van der Waals surface area contributed by atoms with Crippen molar-refractivity contribution in [2.24, 2.45) is 0 Å². The monoisotopic (exact) mass is 180 g/mol. The molecular formula is C7H13FO4. The van der Waals surface area contributed by atoms with Gasteiger partial charge in [-0.05, 0) is 4.53 Å². The van der Waals surface area contributed by atoms with E-state index in [-0.39, 0.29) is 32.4 Å². The second-order valence-corrected chi connectivity index (χ2v) is 2.00. The van der Waals surface area contributed by atoms with E-state index in [1.165, 1.54) is 0 Å². The van der Waals surface area contributed by atoms with Crippen molar-refractivity contribution >= 4 is 5.97 Å². The highest BCUT2D eigenvalue weighted by molar-refractivity contribution is 5.68. The molecule has 0 aliphatic heterocycles. The lowest BCUT2D eigenvalue weighted by atomic mass is 10.5. The third kappa shape index (κ3) is 7.43. The third-order valence-electron chi connectivity index (χ3n) is 1.08. The highest BCUT2D eigenvalue weighted by Crippen LogP contribution is 1.85. The lowest BCUT2D eigenvalue weighted by Gasteiger charge is -2.03. The van der Waals surface area contributed by atoms with Crippen LogP contribution in [0.5, 0.6) is 0 Å². The van der Waals surface area contributed by atoms with Gasteiger partial charge in [0.2, 0.25) is 0 Å². The van der Waals surface area contributed by atoms with E-state index in [4.69, 9.17) is 4.74 Å². The number of carbonyl (C=O) groups is 1. The fraction of sp³-hybridized carbons (Fsp3) is 0.857.